The topological polar surface area (TPSA) is 46.5 Å². The highest BCUT2D eigenvalue weighted by Gasteiger charge is 2.48. The van der Waals surface area contributed by atoms with Gasteiger partial charge in [0.1, 0.15) is 0 Å². The van der Waals surface area contributed by atoms with Crippen molar-refractivity contribution >= 4 is 5.97 Å². The summed E-state index contributed by atoms with van der Waals surface area (Å²) in [5.74, 6) is -0.341. The minimum absolute atomic E-state index is 0.0212. The second-order valence-corrected chi connectivity index (χ2v) is 6.40. The minimum atomic E-state index is -0.621. The molecule has 104 valence electrons. The van der Waals surface area contributed by atoms with Crippen LogP contribution in [0.25, 0.3) is 0 Å². The van der Waals surface area contributed by atoms with Crippen LogP contribution in [0.1, 0.15) is 65.2 Å². The zero-order valence-corrected chi connectivity index (χ0v) is 11.7. The van der Waals surface area contributed by atoms with Gasteiger partial charge in [-0.3, -0.25) is 4.79 Å². The molecule has 0 aromatic carbocycles. The summed E-state index contributed by atoms with van der Waals surface area (Å²) in [6, 6.07) is 0. The highest BCUT2D eigenvalue weighted by molar-refractivity contribution is 5.74. The first-order chi connectivity index (χ1) is 8.52. The molecule has 0 bridgehead atoms. The Morgan fingerprint density at radius 3 is 2.67 bits per heavy atom. The number of carboxylic acid groups (broad SMARTS) is 1. The quantitative estimate of drug-likeness (QED) is 0.833. The summed E-state index contributed by atoms with van der Waals surface area (Å²) in [7, 11) is 0. The van der Waals surface area contributed by atoms with Crippen molar-refractivity contribution in [3.63, 3.8) is 0 Å². The van der Waals surface area contributed by atoms with Crippen LogP contribution in [-0.2, 0) is 9.53 Å². The van der Waals surface area contributed by atoms with Gasteiger partial charge in [-0.05, 0) is 44.9 Å². The molecule has 1 saturated heterocycles. The SMILES string of the molecule is CCCC(C)(C(=O)O)C1CCOC2(CCCC2)C1. The molecular weight excluding hydrogens is 228 g/mol. The molecule has 1 aliphatic heterocycles. The second-order valence-electron chi connectivity index (χ2n) is 6.40. The van der Waals surface area contributed by atoms with Gasteiger partial charge in [0, 0.05) is 6.61 Å². The van der Waals surface area contributed by atoms with E-state index in [1.54, 1.807) is 0 Å². The maximum absolute atomic E-state index is 11.7. The summed E-state index contributed by atoms with van der Waals surface area (Å²) in [5.41, 5.74) is -0.540. The summed E-state index contributed by atoms with van der Waals surface area (Å²) < 4.78 is 6.02. The van der Waals surface area contributed by atoms with E-state index in [-0.39, 0.29) is 11.5 Å². The molecule has 18 heavy (non-hydrogen) atoms. The van der Waals surface area contributed by atoms with Crippen molar-refractivity contribution in [3.8, 4) is 0 Å². The number of ether oxygens (including phenoxy) is 1. The van der Waals surface area contributed by atoms with E-state index in [9.17, 15) is 9.90 Å². The number of rotatable bonds is 4. The summed E-state index contributed by atoms with van der Waals surface area (Å²) in [5, 5.41) is 9.61. The van der Waals surface area contributed by atoms with Gasteiger partial charge in [0.2, 0.25) is 0 Å². The summed E-state index contributed by atoms with van der Waals surface area (Å²) in [6.45, 7) is 4.76. The van der Waals surface area contributed by atoms with Gasteiger partial charge >= 0.3 is 5.97 Å². The van der Waals surface area contributed by atoms with Crippen LogP contribution >= 0.6 is 0 Å². The van der Waals surface area contributed by atoms with Gasteiger partial charge in [-0.25, -0.2) is 0 Å². The average Bonchev–Trinajstić information content (AvgIpc) is 2.77. The molecule has 2 unspecified atom stereocenters. The van der Waals surface area contributed by atoms with Gasteiger partial charge in [0.15, 0.2) is 0 Å². The van der Waals surface area contributed by atoms with Crippen molar-refractivity contribution in [3.05, 3.63) is 0 Å². The van der Waals surface area contributed by atoms with Gasteiger partial charge in [-0.1, -0.05) is 26.2 Å². The Kier molecular flexibility index (Phi) is 4.00. The van der Waals surface area contributed by atoms with Crippen LogP contribution in [0.15, 0.2) is 0 Å². The Morgan fingerprint density at radius 1 is 1.44 bits per heavy atom. The molecule has 3 nitrogen and oxygen atoms in total. The Bertz CT molecular complexity index is 307. The van der Waals surface area contributed by atoms with Gasteiger partial charge in [0.05, 0.1) is 11.0 Å². The highest BCUT2D eigenvalue weighted by Crippen LogP contribution is 2.48. The van der Waals surface area contributed by atoms with Crippen molar-refractivity contribution in [1.82, 2.24) is 0 Å². The fourth-order valence-corrected chi connectivity index (χ4v) is 3.94. The molecule has 1 spiro atoms. The largest absolute Gasteiger partial charge is 0.481 e. The number of carboxylic acids is 1. The number of hydrogen-bond donors (Lipinski definition) is 1. The van der Waals surface area contributed by atoms with Crippen LogP contribution < -0.4 is 0 Å². The van der Waals surface area contributed by atoms with E-state index in [1.807, 2.05) is 6.92 Å². The van der Waals surface area contributed by atoms with E-state index in [2.05, 4.69) is 6.92 Å². The maximum Gasteiger partial charge on any atom is 0.309 e. The summed E-state index contributed by atoms with van der Waals surface area (Å²) in [6.07, 6.45) is 8.32. The molecule has 0 radical (unpaired) electrons. The van der Waals surface area contributed by atoms with Crippen molar-refractivity contribution in [2.24, 2.45) is 11.3 Å². The molecular formula is C15H26O3. The average molecular weight is 254 g/mol. The lowest BCUT2D eigenvalue weighted by Crippen LogP contribution is -2.46. The molecule has 1 heterocycles. The molecule has 0 aromatic heterocycles. The first-order valence-corrected chi connectivity index (χ1v) is 7.40. The molecule has 2 fully saturated rings. The van der Waals surface area contributed by atoms with Crippen molar-refractivity contribution in [2.45, 2.75) is 70.8 Å². The number of hydrogen-bond acceptors (Lipinski definition) is 2. The van der Waals surface area contributed by atoms with Crippen LogP contribution in [0.3, 0.4) is 0 Å². The van der Waals surface area contributed by atoms with E-state index in [0.717, 1.165) is 45.1 Å². The van der Waals surface area contributed by atoms with Gasteiger partial charge in [-0.15, -0.1) is 0 Å². The molecule has 0 aromatic rings. The predicted molar refractivity (Wildman–Crippen MR) is 70.5 cm³/mol. The summed E-state index contributed by atoms with van der Waals surface area (Å²) in [4.78, 5) is 11.7. The number of aliphatic carboxylic acids is 1. The van der Waals surface area contributed by atoms with Gasteiger partial charge in [-0.2, -0.15) is 0 Å². The molecule has 2 rings (SSSR count). The molecule has 3 heteroatoms. The van der Waals surface area contributed by atoms with Crippen LogP contribution in [0, 0.1) is 11.3 Å². The maximum atomic E-state index is 11.7. The van der Waals surface area contributed by atoms with Crippen molar-refractivity contribution < 1.29 is 14.6 Å². The predicted octanol–water partition coefficient (Wildman–Crippen LogP) is 3.62. The third-order valence-electron chi connectivity index (χ3n) is 5.17. The lowest BCUT2D eigenvalue weighted by atomic mass is 9.67. The Balaban J connectivity index is 2.13. The fourth-order valence-electron chi connectivity index (χ4n) is 3.94. The Morgan fingerprint density at radius 2 is 2.11 bits per heavy atom. The minimum Gasteiger partial charge on any atom is -0.481 e. The molecule has 1 N–H and O–H groups in total. The standard InChI is InChI=1S/C15H26O3/c1-3-7-14(2,13(16)17)12-6-10-18-15(11-12)8-4-5-9-15/h12H,3-11H2,1-2H3,(H,16,17). The Labute approximate surface area is 110 Å². The van der Waals surface area contributed by atoms with E-state index >= 15 is 0 Å². The van der Waals surface area contributed by atoms with E-state index in [1.165, 1.54) is 12.8 Å². The Hall–Kier alpha value is -0.570. The van der Waals surface area contributed by atoms with Crippen LogP contribution in [0.5, 0.6) is 0 Å². The lowest BCUT2D eigenvalue weighted by Gasteiger charge is -2.44. The van der Waals surface area contributed by atoms with Crippen LogP contribution in [0.2, 0.25) is 0 Å². The van der Waals surface area contributed by atoms with Gasteiger partial charge < -0.3 is 9.84 Å². The molecule has 1 aliphatic carbocycles. The third kappa shape index (κ3) is 2.42. The summed E-state index contributed by atoms with van der Waals surface area (Å²) >= 11 is 0. The highest BCUT2D eigenvalue weighted by atomic mass is 16.5. The zero-order chi connectivity index (χ0) is 13.2. The van der Waals surface area contributed by atoms with E-state index < -0.39 is 11.4 Å². The van der Waals surface area contributed by atoms with Gasteiger partial charge in [0.25, 0.3) is 0 Å². The fraction of sp³-hybridized carbons (Fsp3) is 0.933. The van der Waals surface area contributed by atoms with Crippen LogP contribution in [0.4, 0.5) is 0 Å². The monoisotopic (exact) mass is 254 g/mol. The molecule has 2 aliphatic rings. The van der Waals surface area contributed by atoms with Crippen molar-refractivity contribution in [2.75, 3.05) is 6.61 Å². The molecule has 2 atom stereocenters. The zero-order valence-electron chi connectivity index (χ0n) is 11.7. The first-order valence-electron chi connectivity index (χ1n) is 7.40. The van der Waals surface area contributed by atoms with Crippen molar-refractivity contribution in [1.29, 1.82) is 0 Å². The second kappa shape index (κ2) is 5.20. The lowest BCUT2D eigenvalue weighted by molar-refractivity contribution is -0.162. The van der Waals surface area contributed by atoms with Crippen LogP contribution in [-0.4, -0.2) is 23.3 Å². The van der Waals surface area contributed by atoms with E-state index in [0.29, 0.717) is 0 Å². The normalized spacial score (nSPS) is 30.2. The number of carbonyl (C=O) groups is 1. The first kappa shape index (κ1) is 13.9. The smallest absolute Gasteiger partial charge is 0.309 e. The third-order valence-corrected chi connectivity index (χ3v) is 5.17. The molecule has 1 saturated carbocycles. The van der Waals surface area contributed by atoms with E-state index in [4.69, 9.17) is 4.74 Å². The molecule has 0 amide bonds.